The molecule has 24 heavy (non-hydrogen) atoms. The molecule has 2 heterocycles. The third-order valence-electron chi connectivity index (χ3n) is 4.70. The van der Waals surface area contributed by atoms with Gasteiger partial charge in [0.2, 0.25) is 6.10 Å². The lowest BCUT2D eigenvalue weighted by atomic mass is 9.70. The number of rotatable bonds is 1. The van der Waals surface area contributed by atoms with Crippen LogP contribution in [0.25, 0.3) is 0 Å². The van der Waals surface area contributed by atoms with Crippen LogP contribution in [-0.4, -0.2) is 46.9 Å². The minimum absolute atomic E-state index is 0.351. The molecule has 0 saturated carbocycles. The molecule has 0 bridgehead atoms. The van der Waals surface area contributed by atoms with Crippen LogP contribution in [0.5, 0.6) is 5.75 Å². The lowest BCUT2D eigenvalue weighted by Crippen LogP contribution is -2.53. The van der Waals surface area contributed by atoms with Gasteiger partial charge in [0, 0.05) is 18.7 Å². The van der Waals surface area contributed by atoms with Crippen LogP contribution in [0.15, 0.2) is 24.3 Å². The Morgan fingerprint density at radius 3 is 2.46 bits per heavy atom. The van der Waals surface area contributed by atoms with Crippen molar-refractivity contribution in [2.45, 2.75) is 50.7 Å². The number of ether oxygens (including phenoxy) is 2. The number of amides is 1. The Hall–Kier alpha value is -2.24. The minimum Gasteiger partial charge on any atom is -0.478 e. The first kappa shape index (κ1) is 16.6. The molecule has 0 aliphatic carbocycles. The zero-order valence-electron chi connectivity index (χ0n) is 14.2. The number of carboxylic acid groups (broad SMARTS) is 1. The van der Waals surface area contributed by atoms with Gasteiger partial charge in [0.1, 0.15) is 11.4 Å². The molecule has 1 saturated heterocycles. The Morgan fingerprint density at radius 2 is 1.88 bits per heavy atom. The van der Waals surface area contributed by atoms with Crippen LogP contribution in [0.1, 0.15) is 39.2 Å². The molecule has 1 aromatic rings. The predicted octanol–water partition coefficient (Wildman–Crippen LogP) is 2.80. The molecule has 130 valence electrons. The Balaban J connectivity index is 1.80. The van der Waals surface area contributed by atoms with Crippen molar-refractivity contribution >= 4 is 12.1 Å². The molecule has 0 radical (unpaired) electrons. The highest BCUT2D eigenvalue weighted by Gasteiger charge is 2.54. The van der Waals surface area contributed by atoms with Gasteiger partial charge in [-0.1, -0.05) is 18.2 Å². The Labute approximate surface area is 141 Å². The summed E-state index contributed by atoms with van der Waals surface area (Å²) in [6, 6.07) is 7.47. The first-order valence-corrected chi connectivity index (χ1v) is 8.20. The molecular weight excluding hydrogens is 310 g/mol. The van der Waals surface area contributed by atoms with Crippen molar-refractivity contribution in [3.05, 3.63) is 29.8 Å². The van der Waals surface area contributed by atoms with Crippen LogP contribution in [0.2, 0.25) is 0 Å². The number of piperidine rings is 1. The van der Waals surface area contributed by atoms with E-state index in [2.05, 4.69) is 0 Å². The highest BCUT2D eigenvalue weighted by molar-refractivity contribution is 5.78. The fraction of sp³-hybridized carbons (Fsp3) is 0.556. The number of hydrogen-bond acceptors (Lipinski definition) is 4. The van der Waals surface area contributed by atoms with Gasteiger partial charge < -0.3 is 19.5 Å². The molecule has 3 rings (SSSR count). The van der Waals surface area contributed by atoms with E-state index in [0.29, 0.717) is 31.7 Å². The fourth-order valence-electron chi connectivity index (χ4n) is 3.59. The highest BCUT2D eigenvalue weighted by atomic mass is 16.6. The number of fused-ring (bicyclic) bond motifs is 2. The van der Waals surface area contributed by atoms with Crippen LogP contribution in [0, 0.1) is 0 Å². The van der Waals surface area contributed by atoms with E-state index >= 15 is 0 Å². The number of likely N-dealkylation sites (tertiary alicyclic amines) is 1. The van der Waals surface area contributed by atoms with Crippen molar-refractivity contribution in [3.8, 4) is 5.75 Å². The van der Waals surface area contributed by atoms with Crippen molar-refractivity contribution in [3.63, 3.8) is 0 Å². The second kappa shape index (κ2) is 5.69. The Bertz CT molecular complexity index is 656. The average molecular weight is 333 g/mol. The maximum Gasteiger partial charge on any atom is 0.410 e. The van der Waals surface area contributed by atoms with Crippen LogP contribution in [0.4, 0.5) is 4.79 Å². The van der Waals surface area contributed by atoms with Gasteiger partial charge in [-0.2, -0.15) is 0 Å². The normalized spacial score (nSPS) is 22.0. The van der Waals surface area contributed by atoms with Crippen molar-refractivity contribution in [2.75, 3.05) is 13.1 Å². The molecule has 0 unspecified atom stereocenters. The van der Waals surface area contributed by atoms with Crippen molar-refractivity contribution in [2.24, 2.45) is 0 Å². The summed E-state index contributed by atoms with van der Waals surface area (Å²) >= 11 is 0. The maximum absolute atomic E-state index is 12.2. The van der Waals surface area contributed by atoms with Gasteiger partial charge >= 0.3 is 12.1 Å². The van der Waals surface area contributed by atoms with Crippen molar-refractivity contribution in [1.29, 1.82) is 0 Å². The van der Waals surface area contributed by atoms with E-state index in [1.165, 1.54) is 0 Å². The number of hydrogen-bond donors (Lipinski definition) is 1. The number of carboxylic acids is 1. The monoisotopic (exact) mass is 333 g/mol. The van der Waals surface area contributed by atoms with Crippen LogP contribution < -0.4 is 4.74 Å². The lowest BCUT2D eigenvalue weighted by Gasteiger charge is -2.40. The molecule has 2 aliphatic rings. The molecule has 1 aromatic carbocycles. The molecular formula is C18H23NO5. The predicted molar refractivity (Wildman–Crippen MR) is 87.2 cm³/mol. The lowest BCUT2D eigenvalue weighted by molar-refractivity contribution is -0.148. The Kier molecular flexibility index (Phi) is 3.94. The first-order valence-electron chi connectivity index (χ1n) is 8.20. The Morgan fingerprint density at radius 1 is 1.25 bits per heavy atom. The first-order chi connectivity index (χ1) is 11.2. The summed E-state index contributed by atoms with van der Waals surface area (Å²) < 4.78 is 11.1. The van der Waals surface area contributed by atoms with Gasteiger partial charge in [-0.3, -0.25) is 0 Å². The van der Waals surface area contributed by atoms with Gasteiger partial charge in [-0.15, -0.1) is 0 Å². The number of benzene rings is 1. The minimum atomic E-state index is -0.961. The van der Waals surface area contributed by atoms with Crippen LogP contribution in [0.3, 0.4) is 0 Å². The van der Waals surface area contributed by atoms with Gasteiger partial charge in [0.15, 0.2) is 0 Å². The second-order valence-electron chi connectivity index (χ2n) is 7.46. The summed E-state index contributed by atoms with van der Waals surface area (Å²) in [6.45, 7) is 6.40. The number of carbonyl (C=O) groups excluding carboxylic acids is 1. The molecule has 6 nitrogen and oxygen atoms in total. The molecule has 1 fully saturated rings. The van der Waals surface area contributed by atoms with E-state index in [4.69, 9.17) is 9.47 Å². The van der Waals surface area contributed by atoms with E-state index in [-0.39, 0.29) is 6.09 Å². The van der Waals surface area contributed by atoms with Crippen molar-refractivity contribution < 1.29 is 24.2 Å². The number of para-hydroxylation sites is 1. The SMILES string of the molecule is CC(C)(C)OC(=O)N1CCC2(CC1)c1ccccc1O[C@@H]2C(=O)O. The number of aliphatic carboxylic acids is 1. The van der Waals surface area contributed by atoms with Crippen molar-refractivity contribution in [1.82, 2.24) is 4.90 Å². The highest BCUT2D eigenvalue weighted by Crippen LogP contribution is 2.49. The van der Waals surface area contributed by atoms with E-state index in [9.17, 15) is 14.7 Å². The maximum atomic E-state index is 12.2. The summed E-state index contributed by atoms with van der Waals surface area (Å²) in [5.41, 5.74) is -0.193. The van der Waals surface area contributed by atoms with Gasteiger partial charge in [0.25, 0.3) is 0 Å². The molecule has 0 aromatic heterocycles. The zero-order valence-corrected chi connectivity index (χ0v) is 14.2. The molecule has 1 atom stereocenters. The standard InChI is InChI=1S/C18H23NO5/c1-17(2,3)24-16(22)19-10-8-18(9-11-19)12-6-4-5-7-13(12)23-14(18)15(20)21/h4-7,14H,8-11H2,1-3H3,(H,20,21)/t14-/m1/s1. The second-order valence-corrected chi connectivity index (χ2v) is 7.46. The van der Waals surface area contributed by atoms with Gasteiger partial charge in [0.05, 0.1) is 5.41 Å². The van der Waals surface area contributed by atoms with E-state index in [1.807, 2.05) is 39.0 Å². The summed E-state index contributed by atoms with van der Waals surface area (Å²) in [7, 11) is 0. The fourth-order valence-corrected chi connectivity index (χ4v) is 3.59. The van der Waals surface area contributed by atoms with Gasteiger partial charge in [-0.25, -0.2) is 9.59 Å². The zero-order chi connectivity index (χ0) is 17.5. The number of carbonyl (C=O) groups is 2. The smallest absolute Gasteiger partial charge is 0.410 e. The largest absolute Gasteiger partial charge is 0.478 e. The van der Waals surface area contributed by atoms with Crippen LogP contribution in [-0.2, 0) is 14.9 Å². The van der Waals surface area contributed by atoms with Crippen LogP contribution >= 0.6 is 0 Å². The summed E-state index contributed by atoms with van der Waals surface area (Å²) in [4.78, 5) is 25.6. The average Bonchev–Trinajstić information content (AvgIpc) is 2.81. The van der Waals surface area contributed by atoms with E-state index < -0.39 is 23.1 Å². The third-order valence-corrected chi connectivity index (χ3v) is 4.70. The summed E-state index contributed by atoms with van der Waals surface area (Å²) in [5.74, 6) is -0.326. The quantitative estimate of drug-likeness (QED) is 0.855. The molecule has 1 spiro atoms. The third kappa shape index (κ3) is 2.81. The summed E-state index contributed by atoms with van der Waals surface area (Å²) in [6.07, 6.45) is -0.174. The molecule has 1 N–H and O–H groups in total. The van der Waals surface area contributed by atoms with E-state index in [1.54, 1.807) is 11.0 Å². The van der Waals surface area contributed by atoms with E-state index in [0.717, 1.165) is 5.56 Å². The number of nitrogens with zero attached hydrogens (tertiary/aromatic N) is 1. The topological polar surface area (TPSA) is 76.1 Å². The molecule has 6 heteroatoms. The summed E-state index contributed by atoms with van der Waals surface area (Å²) in [5, 5.41) is 9.60. The molecule has 1 amide bonds. The van der Waals surface area contributed by atoms with Gasteiger partial charge in [-0.05, 0) is 39.7 Å². The molecule has 2 aliphatic heterocycles.